The van der Waals surface area contributed by atoms with Gasteiger partial charge in [-0.3, -0.25) is 4.79 Å². The molecule has 0 aromatic rings. The smallest absolute Gasteiger partial charge is 0.320 e. The number of carboxylic acids is 1. The molecular formula is C10H19NO2. The van der Waals surface area contributed by atoms with Gasteiger partial charge in [0, 0.05) is 6.04 Å². The fraction of sp³-hybridized carbons (Fsp3) is 0.900. The zero-order chi connectivity index (χ0) is 9.84. The van der Waals surface area contributed by atoms with Gasteiger partial charge in [0.2, 0.25) is 0 Å². The minimum Gasteiger partial charge on any atom is -0.480 e. The van der Waals surface area contributed by atoms with Crippen LogP contribution in [0.1, 0.15) is 39.5 Å². The Morgan fingerprint density at radius 3 is 2.62 bits per heavy atom. The Kier molecular flexibility index (Phi) is 3.72. The Labute approximate surface area is 79.5 Å². The maximum absolute atomic E-state index is 10.7. The molecule has 3 heteroatoms. The molecule has 0 heterocycles. The van der Waals surface area contributed by atoms with Crippen molar-refractivity contribution in [3.63, 3.8) is 0 Å². The summed E-state index contributed by atoms with van der Waals surface area (Å²) in [6, 6.07) is -0.0256. The van der Waals surface area contributed by atoms with Gasteiger partial charge in [0.05, 0.1) is 0 Å². The monoisotopic (exact) mass is 185 g/mol. The SMILES string of the molecule is CCC(NC(C)CC1CC1)C(=O)O. The Morgan fingerprint density at radius 2 is 2.23 bits per heavy atom. The van der Waals surface area contributed by atoms with Crippen LogP contribution in [-0.4, -0.2) is 23.2 Å². The third kappa shape index (κ3) is 3.77. The molecule has 1 rings (SSSR count). The van der Waals surface area contributed by atoms with E-state index in [1.54, 1.807) is 0 Å². The van der Waals surface area contributed by atoms with E-state index in [2.05, 4.69) is 12.2 Å². The molecule has 2 unspecified atom stereocenters. The predicted octanol–water partition coefficient (Wildman–Crippen LogP) is 1.63. The van der Waals surface area contributed by atoms with Crippen LogP contribution in [0.5, 0.6) is 0 Å². The van der Waals surface area contributed by atoms with Gasteiger partial charge < -0.3 is 10.4 Å². The predicted molar refractivity (Wildman–Crippen MR) is 51.7 cm³/mol. The zero-order valence-electron chi connectivity index (χ0n) is 8.42. The van der Waals surface area contributed by atoms with Crippen molar-refractivity contribution in [2.24, 2.45) is 5.92 Å². The average Bonchev–Trinajstić information content (AvgIpc) is 2.83. The normalized spacial score (nSPS) is 21.1. The van der Waals surface area contributed by atoms with E-state index in [9.17, 15) is 4.79 Å². The first kappa shape index (κ1) is 10.5. The second kappa shape index (κ2) is 4.61. The molecule has 0 aromatic heterocycles. The first-order valence-electron chi connectivity index (χ1n) is 5.12. The third-order valence-electron chi connectivity index (χ3n) is 2.58. The van der Waals surface area contributed by atoms with Crippen LogP contribution < -0.4 is 5.32 Å². The summed E-state index contributed by atoms with van der Waals surface area (Å²) in [5, 5.41) is 11.9. The summed E-state index contributed by atoms with van der Waals surface area (Å²) >= 11 is 0. The summed E-state index contributed by atoms with van der Waals surface area (Å²) in [7, 11) is 0. The van der Waals surface area contributed by atoms with Crippen LogP contribution >= 0.6 is 0 Å². The average molecular weight is 185 g/mol. The van der Waals surface area contributed by atoms with E-state index in [0.29, 0.717) is 12.5 Å². The van der Waals surface area contributed by atoms with Gasteiger partial charge in [0.15, 0.2) is 0 Å². The van der Waals surface area contributed by atoms with Crippen LogP contribution in [0.2, 0.25) is 0 Å². The van der Waals surface area contributed by atoms with Gasteiger partial charge in [-0.2, -0.15) is 0 Å². The third-order valence-corrected chi connectivity index (χ3v) is 2.58. The molecule has 0 spiro atoms. The van der Waals surface area contributed by atoms with Crippen molar-refractivity contribution in [2.45, 2.75) is 51.6 Å². The van der Waals surface area contributed by atoms with E-state index in [0.717, 1.165) is 12.3 Å². The van der Waals surface area contributed by atoms with E-state index in [4.69, 9.17) is 5.11 Å². The number of hydrogen-bond acceptors (Lipinski definition) is 2. The Balaban J connectivity index is 2.22. The van der Waals surface area contributed by atoms with Crippen molar-refractivity contribution < 1.29 is 9.90 Å². The minimum atomic E-state index is -0.731. The number of rotatable bonds is 6. The van der Waals surface area contributed by atoms with Gasteiger partial charge in [-0.25, -0.2) is 0 Å². The van der Waals surface area contributed by atoms with Crippen LogP contribution in [-0.2, 0) is 4.79 Å². The van der Waals surface area contributed by atoms with E-state index in [1.807, 2.05) is 6.92 Å². The molecule has 0 amide bonds. The Morgan fingerprint density at radius 1 is 1.62 bits per heavy atom. The van der Waals surface area contributed by atoms with Crippen molar-refractivity contribution in [3.8, 4) is 0 Å². The lowest BCUT2D eigenvalue weighted by Gasteiger charge is -2.18. The highest BCUT2D eigenvalue weighted by atomic mass is 16.4. The Bertz CT molecular complexity index is 178. The van der Waals surface area contributed by atoms with E-state index < -0.39 is 5.97 Å². The van der Waals surface area contributed by atoms with Crippen LogP contribution in [0.25, 0.3) is 0 Å². The maximum Gasteiger partial charge on any atom is 0.320 e. The second-order valence-corrected chi connectivity index (χ2v) is 4.05. The zero-order valence-corrected chi connectivity index (χ0v) is 8.42. The lowest BCUT2D eigenvalue weighted by atomic mass is 10.1. The van der Waals surface area contributed by atoms with Crippen molar-refractivity contribution in [1.82, 2.24) is 5.32 Å². The van der Waals surface area contributed by atoms with E-state index in [-0.39, 0.29) is 6.04 Å². The van der Waals surface area contributed by atoms with Crippen molar-refractivity contribution in [3.05, 3.63) is 0 Å². The minimum absolute atomic E-state index is 0.341. The van der Waals surface area contributed by atoms with Crippen LogP contribution in [0.15, 0.2) is 0 Å². The summed E-state index contributed by atoms with van der Waals surface area (Å²) in [6.45, 7) is 3.97. The number of nitrogens with one attached hydrogen (secondary N) is 1. The molecule has 1 fully saturated rings. The highest BCUT2D eigenvalue weighted by Gasteiger charge is 2.25. The highest BCUT2D eigenvalue weighted by Crippen LogP contribution is 2.33. The quantitative estimate of drug-likeness (QED) is 0.661. The van der Waals surface area contributed by atoms with E-state index >= 15 is 0 Å². The number of carbonyl (C=O) groups is 1. The van der Waals surface area contributed by atoms with Gasteiger partial charge in [-0.05, 0) is 25.7 Å². The Hall–Kier alpha value is -0.570. The van der Waals surface area contributed by atoms with Gasteiger partial charge in [0.25, 0.3) is 0 Å². The second-order valence-electron chi connectivity index (χ2n) is 4.05. The van der Waals surface area contributed by atoms with E-state index in [1.165, 1.54) is 12.8 Å². The van der Waals surface area contributed by atoms with Crippen molar-refractivity contribution >= 4 is 5.97 Å². The van der Waals surface area contributed by atoms with Crippen LogP contribution in [0.4, 0.5) is 0 Å². The molecule has 2 N–H and O–H groups in total. The molecule has 3 nitrogen and oxygen atoms in total. The summed E-state index contributed by atoms with van der Waals surface area (Å²) in [4.78, 5) is 10.7. The molecule has 76 valence electrons. The van der Waals surface area contributed by atoms with Gasteiger partial charge >= 0.3 is 5.97 Å². The molecule has 2 atom stereocenters. The molecule has 1 saturated carbocycles. The van der Waals surface area contributed by atoms with Crippen molar-refractivity contribution in [1.29, 1.82) is 0 Å². The highest BCUT2D eigenvalue weighted by molar-refractivity contribution is 5.73. The van der Waals surface area contributed by atoms with Gasteiger partial charge in [-0.1, -0.05) is 19.8 Å². The number of carboxylic acid groups (broad SMARTS) is 1. The first-order valence-corrected chi connectivity index (χ1v) is 5.12. The molecule has 1 aliphatic rings. The summed E-state index contributed by atoms with van der Waals surface area (Å²) < 4.78 is 0. The van der Waals surface area contributed by atoms with Crippen molar-refractivity contribution in [2.75, 3.05) is 0 Å². The lowest BCUT2D eigenvalue weighted by molar-refractivity contribution is -0.139. The molecule has 0 bridgehead atoms. The van der Waals surface area contributed by atoms with Crippen LogP contribution in [0.3, 0.4) is 0 Å². The first-order chi connectivity index (χ1) is 6.13. The standard InChI is InChI=1S/C10H19NO2/c1-3-9(10(12)13)11-7(2)6-8-4-5-8/h7-9,11H,3-6H2,1-2H3,(H,12,13). The fourth-order valence-electron chi connectivity index (χ4n) is 1.63. The molecular weight excluding hydrogens is 166 g/mol. The number of hydrogen-bond donors (Lipinski definition) is 2. The van der Waals surface area contributed by atoms with Gasteiger partial charge in [-0.15, -0.1) is 0 Å². The number of aliphatic carboxylic acids is 1. The fourth-order valence-corrected chi connectivity index (χ4v) is 1.63. The lowest BCUT2D eigenvalue weighted by Crippen LogP contribution is -2.41. The summed E-state index contributed by atoms with van der Waals surface area (Å²) in [5.74, 6) is 0.124. The molecule has 0 aromatic carbocycles. The molecule has 13 heavy (non-hydrogen) atoms. The van der Waals surface area contributed by atoms with Crippen LogP contribution in [0, 0.1) is 5.92 Å². The topological polar surface area (TPSA) is 49.3 Å². The summed E-state index contributed by atoms with van der Waals surface area (Å²) in [6.07, 6.45) is 4.44. The summed E-state index contributed by atoms with van der Waals surface area (Å²) in [5.41, 5.74) is 0. The molecule has 1 aliphatic carbocycles. The molecule has 0 aliphatic heterocycles. The largest absolute Gasteiger partial charge is 0.480 e. The molecule has 0 radical (unpaired) electrons. The van der Waals surface area contributed by atoms with Gasteiger partial charge in [0.1, 0.15) is 6.04 Å². The maximum atomic E-state index is 10.7. The molecule has 0 saturated heterocycles.